The van der Waals surface area contributed by atoms with Crippen molar-refractivity contribution < 1.29 is 23.6 Å². The fraction of sp³-hybridized carbons (Fsp3) is 0.615. The summed E-state index contributed by atoms with van der Waals surface area (Å²) in [6, 6.07) is 10.0. The molecule has 1 aliphatic heterocycles. The van der Waals surface area contributed by atoms with Gasteiger partial charge in [0.25, 0.3) is 0 Å². The predicted molar refractivity (Wildman–Crippen MR) is 126 cm³/mol. The Labute approximate surface area is 205 Å². The molecule has 35 heavy (non-hydrogen) atoms. The van der Waals surface area contributed by atoms with Gasteiger partial charge in [-0.05, 0) is 57.4 Å². The normalized spacial score (nSPS) is 24.6. The largest absolute Gasteiger partial charge is 0.444 e. The number of amides is 2. The van der Waals surface area contributed by atoms with Gasteiger partial charge in [0.1, 0.15) is 12.2 Å². The van der Waals surface area contributed by atoms with E-state index >= 15 is 0 Å². The van der Waals surface area contributed by atoms with Crippen LogP contribution in [0.4, 0.5) is 4.79 Å². The number of hydroxylamine groups is 2. The molecule has 1 saturated heterocycles. The number of carbonyl (C=O) groups excluding carboxylic acids is 2. The van der Waals surface area contributed by atoms with Crippen molar-refractivity contribution in [1.29, 1.82) is 0 Å². The summed E-state index contributed by atoms with van der Waals surface area (Å²) in [5, 5.41) is 10.2. The van der Waals surface area contributed by atoms with Gasteiger partial charge in [-0.15, -0.1) is 10.2 Å². The van der Waals surface area contributed by atoms with Gasteiger partial charge in [-0.25, -0.2) is 9.86 Å². The van der Waals surface area contributed by atoms with Crippen LogP contribution in [0.3, 0.4) is 0 Å². The molecule has 2 heterocycles. The summed E-state index contributed by atoms with van der Waals surface area (Å²) in [4.78, 5) is 33.1. The molecule has 0 N–H and O–H groups in total. The van der Waals surface area contributed by atoms with E-state index in [0.717, 1.165) is 31.2 Å². The Hall–Kier alpha value is -2.94. The standard InChI is InChI=1S/C26H34N4O5/c1-25(2,3)35-24(32)29(4)13-10-21-27-28-22(34-21)19-15-26(11-12-26)20-14-18(19)23(31)30(20)33-16-17-8-6-5-7-9-17/h5-9,18-20H,10-16H2,1-4H3/t18?,19-,20+/m1/s1. The van der Waals surface area contributed by atoms with Gasteiger partial charge < -0.3 is 14.1 Å². The summed E-state index contributed by atoms with van der Waals surface area (Å²) >= 11 is 0. The zero-order valence-electron chi connectivity index (χ0n) is 20.9. The summed E-state index contributed by atoms with van der Waals surface area (Å²) in [7, 11) is 1.69. The molecule has 3 aliphatic rings. The third-order valence-electron chi connectivity index (χ3n) is 7.38. The maximum atomic E-state index is 13.4. The summed E-state index contributed by atoms with van der Waals surface area (Å²) in [6.07, 6.45) is 3.82. The van der Waals surface area contributed by atoms with Crippen LogP contribution in [0.15, 0.2) is 34.7 Å². The molecule has 0 radical (unpaired) electrons. The molecule has 9 nitrogen and oxygen atoms in total. The minimum Gasteiger partial charge on any atom is -0.444 e. The maximum absolute atomic E-state index is 13.4. The fourth-order valence-corrected chi connectivity index (χ4v) is 5.35. The van der Waals surface area contributed by atoms with E-state index in [9.17, 15) is 9.59 Å². The van der Waals surface area contributed by atoms with Crippen LogP contribution in [-0.2, 0) is 27.4 Å². The average molecular weight is 483 g/mol. The highest BCUT2D eigenvalue weighted by Gasteiger charge is 2.65. The van der Waals surface area contributed by atoms with Crippen LogP contribution in [0.1, 0.15) is 69.7 Å². The molecule has 5 rings (SSSR count). The lowest BCUT2D eigenvalue weighted by atomic mass is 9.72. The molecule has 188 valence electrons. The van der Waals surface area contributed by atoms with Gasteiger partial charge in [0.15, 0.2) is 0 Å². The zero-order chi connectivity index (χ0) is 24.8. The number of ether oxygens (including phenoxy) is 1. The fourth-order valence-electron chi connectivity index (χ4n) is 5.35. The molecule has 2 aliphatic carbocycles. The van der Waals surface area contributed by atoms with Crippen molar-refractivity contribution in [2.45, 2.75) is 77.0 Å². The number of fused-ring (bicyclic) bond motifs is 3. The quantitative estimate of drug-likeness (QED) is 0.586. The first-order valence-corrected chi connectivity index (χ1v) is 12.4. The molecule has 1 unspecified atom stereocenters. The van der Waals surface area contributed by atoms with E-state index in [2.05, 4.69) is 10.2 Å². The van der Waals surface area contributed by atoms with Crippen molar-refractivity contribution in [2.24, 2.45) is 11.3 Å². The predicted octanol–water partition coefficient (Wildman–Crippen LogP) is 4.10. The second-order valence-electron chi connectivity index (χ2n) is 11.1. The van der Waals surface area contributed by atoms with E-state index in [1.807, 2.05) is 51.1 Å². The second-order valence-corrected chi connectivity index (χ2v) is 11.1. The Bertz CT molecular complexity index is 1070. The number of benzene rings is 1. The number of carbonyl (C=O) groups is 2. The maximum Gasteiger partial charge on any atom is 0.410 e. The minimum absolute atomic E-state index is 0.0177. The van der Waals surface area contributed by atoms with Gasteiger partial charge in [0.2, 0.25) is 17.7 Å². The Balaban J connectivity index is 1.23. The number of likely N-dealkylation sites (N-methyl/N-ethyl adjacent to an activating group) is 1. The monoisotopic (exact) mass is 482 g/mol. The molecule has 3 atom stereocenters. The molecule has 2 aromatic rings. The van der Waals surface area contributed by atoms with Gasteiger partial charge >= 0.3 is 6.09 Å². The van der Waals surface area contributed by atoms with E-state index in [1.165, 1.54) is 4.90 Å². The van der Waals surface area contributed by atoms with Crippen molar-refractivity contribution in [3.05, 3.63) is 47.7 Å². The highest BCUT2D eigenvalue weighted by atomic mass is 16.7. The zero-order valence-corrected chi connectivity index (χ0v) is 20.9. The van der Waals surface area contributed by atoms with E-state index < -0.39 is 11.7 Å². The SMILES string of the molecule is CN(CCc1nnc([C@@H]2CC3(CC3)[C@@H]3CC2C(=O)N3OCc2ccccc2)o1)C(=O)OC(C)(C)C. The summed E-state index contributed by atoms with van der Waals surface area (Å²) < 4.78 is 11.4. The highest BCUT2D eigenvalue weighted by molar-refractivity contribution is 5.82. The molecule has 1 aromatic heterocycles. The number of rotatable bonds is 7. The van der Waals surface area contributed by atoms with Crippen LogP contribution in [0.5, 0.6) is 0 Å². The van der Waals surface area contributed by atoms with Gasteiger partial charge in [-0.2, -0.15) is 0 Å². The van der Waals surface area contributed by atoms with E-state index in [-0.39, 0.29) is 29.2 Å². The van der Waals surface area contributed by atoms with Crippen molar-refractivity contribution >= 4 is 12.0 Å². The molecule has 1 spiro atoms. The van der Waals surface area contributed by atoms with Crippen LogP contribution in [-0.4, -0.2) is 57.4 Å². The lowest BCUT2D eigenvalue weighted by Crippen LogP contribution is -2.39. The topological polar surface area (TPSA) is 98.0 Å². The lowest BCUT2D eigenvalue weighted by Gasteiger charge is -2.34. The van der Waals surface area contributed by atoms with Gasteiger partial charge in [-0.1, -0.05) is 30.3 Å². The van der Waals surface area contributed by atoms with E-state index in [4.69, 9.17) is 14.0 Å². The molecule has 3 fully saturated rings. The molecule has 9 heteroatoms. The molecular weight excluding hydrogens is 448 g/mol. The third kappa shape index (κ3) is 4.91. The third-order valence-corrected chi connectivity index (χ3v) is 7.38. The van der Waals surface area contributed by atoms with E-state index in [1.54, 1.807) is 12.1 Å². The molecule has 2 saturated carbocycles. The van der Waals surface area contributed by atoms with Crippen molar-refractivity contribution in [2.75, 3.05) is 13.6 Å². The number of hydrogen-bond donors (Lipinski definition) is 0. The number of hydrogen-bond acceptors (Lipinski definition) is 7. The first-order valence-electron chi connectivity index (χ1n) is 12.4. The average Bonchev–Trinajstić information content (AvgIpc) is 3.30. The first-order chi connectivity index (χ1) is 16.7. The Morgan fingerprint density at radius 1 is 1.20 bits per heavy atom. The smallest absolute Gasteiger partial charge is 0.410 e. The van der Waals surface area contributed by atoms with Crippen molar-refractivity contribution in [3.63, 3.8) is 0 Å². The van der Waals surface area contributed by atoms with Crippen LogP contribution in [0.2, 0.25) is 0 Å². The Morgan fingerprint density at radius 3 is 2.63 bits per heavy atom. The minimum atomic E-state index is -0.548. The number of aromatic nitrogens is 2. The van der Waals surface area contributed by atoms with Crippen LogP contribution in [0, 0.1) is 11.3 Å². The molecule has 2 amide bonds. The van der Waals surface area contributed by atoms with Gasteiger partial charge in [0.05, 0.1) is 12.0 Å². The van der Waals surface area contributed by atoms with Crippen molar-refractivity contribution in [1.82, 2.24) is 20.2 Å². The van der Waals surface area contributed by atoms with Crippen molar-refractivity contribution in [3.8, 4) is 0 Å². The van der Waals surface area contributed by atoms with E-state index in [0.29, 0.717) is 31.4 Å². The highest BCUT2D eigenvalue weighted by Crippen LogP contribution is 2.65. The summed E-state index contributed by atoms with van der Waals surface area (Å²) in [5.41, 5.74) is 0.573. The lowest BCUT2D eigenvalue weighted by molar-refractivity contribution is -0.201. The molecule has 1 aromatic carbocycles. The first kappa shape index (κ1) is 23.8. The van der Waals surface area contributed by atoms with Crippen LogP contribution >= 0.6 is 0 Å². The summed E-state index contributed by atoms with van der Waals surface area (Å²) in [5.74, 6) is 0.693. The second kappa shape index (κ2) is 8.93. The molecule has 2 bridgehead atoms. The Kier molecular flexibility index (Phi) is 6.07. The van der Waals surface area contributed by atoms with Gasteiger partial charge in [-0.3, -0.25) is 9.63 Å². The Morgan fingerprint density at radius 2 is 1.94 bits per heavy atom. The summed E-state index contributed by atoms with van der Waals surface area (Å²) in [6.45, 7) is 6.29. The molecular formula is C26H34N4O5. The van der Waals surface area contributed by atoms with Crippen LogP contribution in [0.25, 0.3) is 0 Å². The number of nitrogens with zero attached hydrogens (tertiary/aromatic N) is 4. The van der Waals surface area contributed by atoms with Gasteiger partial charge in [0, 0.05) is 25.9 Å². The van der Waals surface area contributed by atoms with Crippen LogP contribution < -0.4 is 0 Å².